The second kappa shape index (κ2) is 6.57. The number of nitrogens with zero attached hydrogens (tertiary/aromatic N) is 2. The quantitative estimate of drug-likeness (QED) is 0.363. The van der Waals surface area contributed by atoms with E-state index in [1.165, 1.54) is 36.7 Å². The van der Waals surface area contributed by atoms with Gasteiger partial charge in [0.1, 0.15) is 0 Å². The summed E-state index contributed by atoms with van der Waals surface area (Å²) in [7, 11) is 0. The molecule has 0 saturated heterocycles. The summed E-state index contributed by atoms with van der Waals surface area (Å²) < 4.78 is 4.88. The molecule has 0 bridgehead atoms. The van der Waals surface area contributed by atoms with Gasteiger partial charge >= 0.3 is 5.97 Å². The maximum Gasteiger partial charge on any atom is 0.340 e. The molecule has 1 aromatic carbocycles. The predicted molar refractivity (Wildman–Crippen MR) is 76.7 cm³/mol. The van der Waals surface area contributed by atoms with Crippen molar-refractivity contribution in [2.45, 2.75) is 6.92 Å². The van der Waals surface area contributed by atoms with E-state index in [2.05, 4.69) is 4.98 Å². The summed E-state index contributed by atoms with van der Waals surface area (Å²) >= 11 is 0. The number of ketones is 1. The van der Waals surface area contributed by atoms with Gasteiger partial charge in [-0.3, -0.25) is 19.9 Å². The average Bonchev–Trinajstić information content (AvgIpc) is 2.53. The van der Waals surface area contributed by atoms with Crippen molar-refractivity contribution in [3.05, 3.63) is 69.5 Å². The van der Waals surface area contributed by atoms with Crippen LogP contribution in [0, 0.1) is 17.0 Å². The lowest BCUT2D eigenvalue weighted by atomic mass is 10.1. The number of benzene rings is 1. The number of hydrogen-bond donors (Lipinski definition) is 0. The molecule has 0 atom stereocenters. The van der Waals surface area contributed by atoms with Crippen molar-refractivity contribution in [3.8, 4) is 0 Å². The van der Waals surface area contributed by atoms with Gasteiger partial charge in [0.2, 0.25) is 5.78 Å². The zero-order valence-corrected chi connectivity index (χ0v) is 11.7. The number of hydrogen-bond acceptors (Lipinski definition) is 6. The third-order valence-corrected chi connectivity index (χ3v) is 2.96. The van der Waals surface area contributed by atoms with Gasteiger partial charge in [0.15, 0.2) is 6.61 Å². The van der Waals surface area contributed by atoms with Crippen molar-refractivity contribution in [3.63, 3.8) is 0 Å². The van der Waals surface area contributed by atoms with Gasteiger partial charge in [-0.05, 0) is 19.1 Å². The van der Waals surface area contributed by atoms with E-state index < -0.39 is 23.3 Å². The normalized spacial score (nSPS) is 10.0. The molecule has 1 aromatic heterocycles. The monoisotopic (exact) mass is 300 g/mol. The summed E-state index contributed by atoms with van der Waals surface area (Å²) in [6, 6.07) is 7.20. The van der Waals surface area contributed by atoms with Crippen LogP contribution in [0.5, 0.6) is 0 Å². The van der Waals surface area contributed by atoms with Crippen LogP contribution in [-0.2, 0) is 4.74 Å². The number of aromatic nitrogens is 1. The molecule has 0 spiro atoms. The molecule has 22 heavy (non-hydrogen) atoms. The van der Waals surface area contributed by atoms with Gasteiger partial charge in [0.05, 0.1) is 10.5 Å². The molecule has 7 nitrogen and oxygen atoms in total. The van der Waals surface area contributed by atoms with E-state index in [1.807, 2.05) is 0 Å². The van der Waals surface area contributed by atoms with Crippen LogP contribution in [0.15, 0.2) is 42.7 Å². The van der Waals surface area contributed by atoms with E-state index in [4.69, 9.17) is 4.74 Å². The number of carbonyl (C=O) groups is 2. The van der Waals surface area contributed by atoms with Crippen LogP contribution < -0.4 is 0 Å². The lowest BCUT2D eigenvalue weighted by molar-refractivity contribution is -0.385. The Labute approximate surface area is 125 Å². The zero-order chi connectivity index (χ0) is 16.1. The summed E-state index contributed by atoms with van der Waals surface area (Å²) in [4.78, 5) is 37.7. The first-order chi connectivity index (χ1) is 10.5. The van der Waals surface area contributed by atoms with Gasteiger partial charge in [-0.15, -0.1) is 0 Å². The van der Waals surface area contributed by atoms with Crippen molar-refractivity contribution >= 4 is 17.4 Å². The fourth-order valence-corrected chi connectivity index (χ4v) is 1.76. The number of rotatable bonds is 5. The van der Waals surface area contributed by atoms with Gasteiger partial charge in [0.25, 0.3) is 5.69 Å². The van der Waals surface area contributed by atoms with E-state index in [9.17, 15) is 19.7 Å². The van der Waals surface area contributed by atoms with Crippen molar-refractivity contribution < 1.29 is 19.2 Å². The topological polar surface area (TPSA) is 99.4 Å². The molecular formula is C15H12N2O5. The summed E-state index contributed by atoms with van der Waals surface area (Å²) in [5.74, 6) is -1.19. The van der Waals surface area contributed by atoms with Crippen molar-refractivity contribution in [2.24, 2.45) is 0 Å². The fraction of sp³-hybridized carbons (Fsp3) is 0.133. The Balaban J connectivity index is 2.05. The average molecular weight is 300 g/mol. The molecule has 1 heterocycles. The number of pyridine rings is 1. The predicted octanol–water partition coefficient (Wildman–Crippen LogP) is 2.34. The minimum atomic E-state index is -0.678. The summed E-state index contributed by atoms with van der Waals surface area (Å²) in [5, 5.41) is 10.8. The first kappa shape index (κ1) is 15.3. The van der Waals surface area contributed by atoms with Gasteiger partial charge < -0.3 is 4.74 Å². The van der Waals surface area contributed by atoms with Crippen molar-refractivity contribution in [1.29, 1.82) is 0 Å². The molecule has 0 amide bonds. The number of esters is 1. The SMILES string of the molecule is Cc1ccc(C(=O)COC(=O)c2cccnc2)cc1[N+](=O)[O-]. The van der Waals surface area contributed by atoms with Crippen LogP contribution >= 0.6 is 0 Å². The first-order valence-corrected chi connectivity index (χ1v) is 6.34. The van der Waals surface area contributed by atoms with Crippen LogP contribution in [0.25, 0.3) is 0 Å². The van der Waals surface area contributed by atoms with Gasteiger partial charge in [-0.1, -0.05) is 12.1 Å². The fourth-order valence-electron chi connectivity index (χ4n) is 1.76. The Morgan fingerprint density at radius 1 is 1.27 bits per heavy atom. The Morgan fingerprint density at radius 2 is 2.05 bits per heavy atom. The van der Waals surface area contributed by atoms with Crippen LogP contribution in [0.2, 0.25) is 0 Å². The summed E-state index contributed by atoms with van der Waals surface area (Å²) in [6.45, 7) is 1.09. The highest BCUT2D eigenvalue weighted by Crippen LogP contribution is 2.19. The molecule has 0 aliphatic heterocycles. The highest BCUT2D eigenvalue weighted by molar-refractivity contribution is 5.99. The maximum atomic E-state index is 12.0. The summed E-state index contributed by atoms with van der Waals surface area (Å²) in [5.41, 5.74) is 0.653. The van der Waals surface area contributed by atoms with Gasteiger partial charge in [0, 0.05) is 29.6 Å². The highest BCUT2D eigenvalue weighted by atomic mass is 16.6. The first-order valence-electron chi connectivity index (χ1n) is 6.34. The molecular weight excluding hydrogens is 288 g/mol. The molecule has 112 valence electrons. The molecule has 0 aliphatic rings. The second-order valence-electron chi connectivity index (χ2n) is 4.50. The van der Waals surface area contributed by atoms with E-state index in [-0.39, 0.29) is 16.8 Å². The third-order valence-electron chi connectivity index (χ3n) is 2.96. The molecule has 0 fully saturated rings. The van der Waals surface area contributed by atoms with E-state index >= 15 is 0 Å². The van der Waals surface area contributed by atoms with Crippen molar-refractivity contribution in [1.82, 2.24) is 4.98 Å². The molecule has 2 aromatic rings. The molecule has 0 N–H and O–H groups in total. The molecule has 0 aliphatic carbocycles. The minimum Gasteiger partial charge on any atom is -0.454 e. The second-order valence-corrected chi connectivity index (χ2v) is 4.50. The largest absolute Gasteiger partial charge is 0.454 e. The smallest absolute Gasteiger partial charge is 0.340 e. The number of Topliss-reactive ketones (excluding diaryl/α,β-unsaturated/α-hetero) is 1. The highest BCUT2D eigenvalue weighted by Gasteiger charge is 2.16. The van der Waals surface area contributed by atoms with E-state index in [0.717, 1.165) is 0 Å². The van der Waals surface area contributed by atoms with E-state index in [1.54, 1.807) is 13.0 Å². The number of nitro benzene ring substituents is 1. The molecule has 2 rings (SSSR count). The van der Waals surface area contributed by atoms with Crippen LogP contribution in [-0.4, -0.2) is 28.3 Å². The number of aryl methyl sites for hydroxylation is 1. The number of nitro groups is 1. The number of ether oxygens (including phenoxy) is 1. The Bertz CT molecular complexity index is 728. The van der Waals surface area contributed by atoms with Crippen LogP contribution in [0.4, 0.5) is 5.69 Å². The van der Waals surface area contributed by atoms with E-state index in [0.29, 0.717) is 5.56 Å². The lowest BCUT2D eigenvalue weighted by Gasteiger charge is -2.05. The molecule has 0 saturated carbocycles. The Hall–Kier alpha value is -3.09. The zero-order valence-electron chi connectivity index (χ0n) is 11.7. The Kier molecular flexibility index (Phi) is 4.57. The molecule has 0 radical (unpaired) electrons. The van der Waals surface area contributed by atoms with Gasteiger partial charge in [-0.2, -0.15) is 0 Å². The third kappa shape index (κ3) is 3.51. The minimum absolute atomic E-state index is 0.122. The molecule has 0 unspecified atom stereocenters. The van der Waals surface area contributed by atoms with Gasteiger partial charge in [-0.25, -0.2) is 4.79 Å². The van der Waals surface area contributed by atoms with Crippen molar-refractivity contribution in [2.75, 3.05) is 6.61 Å². The standard InChI is InChI=1S/C15H12N2O5/c1-10-4-5-11(7-13(10)17(20)21)14(18)9-22-15(19)12-3-2-6-16-8-12/h2-8H,9H2,1H3. The molecule has 7 heteroatoms. The Morgan fingerprint density at radius 3 is 2.68 bits per heavy atom. The lowest BCUT2D eigenvalue weighted by Crippen LogP contribution is -2.14. The number of carbonyl (C=O) groups excluding carboxylic acids is 2. The van der Waals surface area contributed by atoms with Crippen LogP contribution in [0.1, 0.15) is 26.3 Å². The summed E-state index contributed by atoms with van der Waals surface area (Å²) in [6.07, 6.45) is 2.83. The van der Waals surface area contributed by atoms with Crippen LogP contribution in [0.3, 0.4) is 0 Å². The maximum absolute atomic E-state index is 12.0.